The summed E-state index contributed by atoms with van der Waals surface area (Å²) in [5.74, 6) is 1.26. The minimum Gasteiger partial charge on any atom is -0.361 e. The summed E-state index contributed by atoms with van der Waals surface area (Å²) in [4.78, 5) is 24.7. The number of benzene rings is 1. The number of piperazine rings is 1. The van der Waals surface area contributed by atoms with Gasteiger partial charge in [0, 0.05) is 68.8 Å². The molecule has 1 aliphatic carbocycles. The van der Waals surface area contributed by atoms with Gasteiger partial charge in [-0.25, -0.2) is 4.39 Å². The lowest BCUT2D eigenvalue weighted by Gasteiger charge is -2.38. The van der Waals surface area contributed by atoms with E-state index in [-0.39, 0.29) is 29.8 Å². The van der Waals surface area contributed by atoms with Gasteiger partial charge in [0.05, 0.1) is 6.54 Å². The van der Waals surface area contributed by atoms with Gasteiger partial charge in [-0.2, -0.15) is 0 Å². The fourth-order valence-electron chi connectivity index (χ4n) is 4.43. The van der Waals surface area contributed by atoms with Gasteiger partial charge in [-0.1, -0.05) is 6.42 Å². The molecule has 1 aromatic heterocycles. The number of rotatable bonds is 8. The smallest absolute Gasteiger partial charge is 0.225 e. The molecule has 0 radical (unpaired) electrons. The number of aromatic amines is 1. The molecule has 0 unspecified atom stereocenters. The highest BCUT2D eigenvalue weighted by Gasteiger charge is 2.30. The summed E-state index contributed by atoms with van der Waals surface area (Å²) in [7, 11) is 0. The van der Waals surface area contributed by atoms with Gasteiger partial charge in [-0.05, 0) is 49.9 Å². The Morgan fingerprint density at radius 3 is 2.70 bits per heavy atom. The van der Waals surface area contributed by atoms with Gasteiger partial charge >= 0.3 is 0 Å². The fraction of sp³-hybridized carbons (Fsp3) is 0.583. The van der Waals surface area contributed by atoms with Crippen molar-refractivity contribution in [2.45, 2.75) is 32.6 Å². The molecule has 2 aliphatic rings. The largest absolute Gasteiger partial charge is 0.361 e. The van der Waals surface area contributed by atoms with Crippen molar-refractivity contribution in [3.05, 3.63) is 35.8 Å². The van der Waals surface area contributed by atoms with E-state index in [2.05, 4.69) is 27.4 Å². The number of hydrogen-bond donors (Lipinski definition) is 3. The number of nitrogens with one attached hydrogen (secondary N) is 3. The molecule has 2 aromatic rings. The van der Waals surface area contributed by atoms with Gasteiger partial charge in [0.1, 0.15) is 5.82 Å². The normalized spacial score (nSPS) is 17.5. The SMILES string of the molecule is CCNC(=NCCN1CCN(C(=O)C2CCC2)CC1)NCCc1c[nH]c2cc(F)ccc12.I. The number of carbonyl (C=O) groups excluding carboxylic acids is 1. The maximum absolute atomic E-state index is 13.4. The standard InChI is InChI=1S/C24H35FN6O.HI/c1-2-26-24(27-9-8-19-17-29-22-16-20(25)6-7-21(19)22)28-10-11-30-12-14-31(15-13-30)23(32)18-4-3-5-18;/h6-7,16-18,29H,2-5,8-15H2,1H3,(H2,26,27,28);1H. The monoisotopic (exact) mass is 570 g/mol. The van der Waals surface area contributed by atoms with E-state index in [1.54, 1.807) is 0 Å². The number of aliphatic imine (C=N–C) groups is 1. The summed E-state index contributed by atoms with van der Waals surface area (Å²) in [5, 5.41) is 7.76. The molecule has 1 saturated heterocycles. The lowest BCUT2D eigenvalue weighted by Crippen LogP contribution is -2.51. The summed E-state index contributed by atoms with van der Waals surface area (Å²) in [5.41, 5.74) is 1.99. The lowest BCUT2D eigenvalue weighted by molar-refractivity contribution is -0.139. The quantitative estimate of drug-likeness (QED) is 0.259. The second kappa shape index (κ2) is 12.5. The van der Waals surface area contributed by atoms with Crippen LogP contribution in [0.25, 0.3) is 10.9 Å². The van der Waals surface area contributed by atoms with Crippen molar-refractivity contribution in [3.63, 3.8) is 0 Å². The van der Waals surface area contributed by atoms with Crippen LogP contribution in [-0.4, -0.2) is 79.0 Å². The molecular formula is C24H36FIN6O. The molecular weight excluding hydrogens is 534 g/mol. The predicted molar refractivity (Wildman–Crippen MR) is 142 cm³/mol. The number of carbonyl (C=O) groups is 1. The van der Waals surface area contributed by atoms with Crippen LogP contribution >= 0.6 is 24.0 Å². The van der Waals surface area contributed by atoms with E-state index in [1.165, 1.54) is 18.6 Å². The highest BCUT2D eigenvalue weighted by molar-refractivity contribution is 14.0. The summed E-state index contributed by atoms with van der Waals surface area (Å²) < 4.78 is 13.4. The minimum atomic E-state index is -0.225. The molecule has 1 saturated carbocycles. The molecule has 0 atom stereocenters. The van der Waals surface area contributed by atoms with Crippen LogP contribution in [0, 0.1) is 11.7 Å². The third-order valence-corrected chi connectivity index (χ3v) is 6.58. The van der Waals surface area contributed by atoms with Gasteiger partial charge in [0.15, 0.2) is 5.96 Å². The molecule has 1 aliphatic heterocycles. The average Bonchev–Trinajstić information content (AvgIpc) is 3.15. The number of guanidine groups is 1. The number of amides is 1. The average molecular weight is 570 g/mol. The third-order valence-electron chi connectivity index (χ3n) is 6.58. The van der Waals surface area contributed by atoms with Crippen molar-refractivity contribution >= 4 is 46.7 Å². The highest BCUT2D eigenvalue weighted by atomic mass is 127. The van der Waals surface area contributed by atoms with E-state index in [0.717, 1.165) is 94.0 Å². The first-order valence-corrected chi connectivity index (χ1v) is 11.9. The Labute approximate surface area is 212 Å². The molecule has 33 heavy (non-hydrogen) atoms. The summed E-state index contributed by atoms with van der Waals surface area (Å²) in [6.07, 6.45) is 6.14. The van der Waals surface area contributed by atoms with Gasteiger partial charge < -0.3 is 20.5 Å². The number of nitrogens with zero attached hydrogens (tertiary/aromatic N) is 3. The Hall–Kier alpha value is -1.88. The molecule has 2 fully saturated rings. The van der Waals surface area contributed by atoms with E-state index >= 15 is 0 Å². The van der Waals surface area contributed by atoms with E-state index in [4.69, 9.17) is 4.99 Å². The van der Waals surface area contributed by atoms with Gasteiger partial charge in [0.2, 0.25) is 5.91 Å². The zero-order chi connectivity index (χ0) is 22.3. The van der Waals surface area contributed by atoms with Crippen LogP contribution in [0.4, 0.5) is 4.39 Å². The van der Waals surface area contributed by atoms with Crippen LogP contribution in [-0.2, 0) is 11.2 Å². The van der Waals surface area contributed by atoms with E-state index in [0.29, 0.717) is 11.8 Å². The Bertz CT molecular complexity index is 936. The highest BCUT2D eigenvalue weighted by Crippen LogP contribution is 2.28. The molecule has 1 aromatic carbocycles. The zero-order valence-corrected chi connectivity index (χ0v) is 21.7. The van der Waals surface area contributed by atoms with Crippen LogP contribution in [0.5, 0.6) is 0 Å². The molecule has 0 bridgehead atoms. The van der Waals surface area contributed by atoms with Gasteiger partial charge in [-0.3, -0.25) is 14.7 Å². The molecule has 7 nitrogen and oxygen atoms in total. The second-order valence-corrected chi connectivity index (χ2v) is 8.74. The minimum absolute atomic E-state index is 0. The van der Waals surface area contributed by atoms with Crippen LogP contribution < -0.4 is 10.6 Å². The summed E-state index contributed by atoms with van der Waals surface area (Å²) >= 11 is 0. The topological polar surface area (TPSA) is 75.8 Å². The van der Waals surface area contributed by atoms with Crippen LogP contribution in [0.2, 0.25) is 0 Å². The van der Waals surface area contributed by atoms with Crippen LogP contribution in [0.15, 0.2) is 29.4 Å². The van der Waals surface area contributed by atoms with Gasteiger partial charge in [-0.15, -0.1) is 24.0 Å². The number of aromatic nitrogens is 1. The first-order valence-electron chi connectivity index (χ1n) is 11.9. The summed E-state index contributed by atoms with van der Waals surface area (Å²) in [6, 6.07) is 4.86. The number of hydrogen-bond acceptors (Lipinski definition) is 3. The molecule has 0 spiro atoms. The van der Waals surface area contributed by atoms with Gasteiger partial charge in [0.25, 0.3) is 0 Å². The fourth-order valence-corrected chi connectivity index (χ4v) is 4.43. The Kier molecular flexibility index (Phi) is 9.78. The maximum atomic E-state index is 13.4. The lowest BCUT2D eigenvalue weighted by atomic mass is 9.84. The van der Waals surface area contributed by atoms with Crippen molar-refractivity contribution in [1.82, 2.24) is 25.4 Å². The van der Waals surface area contributed by atoms with Crippen LogP contribution in [0.3, 0.4) is 0 Å². The molecule has 3 N–H and O–H groups in total. The van der Waals surface area contributed by atoms with Crippen molar-refractivity contribution in [3.8, 4) is 0 Å². The predicted octanol–water partition coefficient (Wildman–Crippen LogP) is 2.97. The second-order valence-electron chi connectivity index (χ2n) is 8.74. The molecule has 4 rings (SSSR count). The molecule has 9 heteroatoms. The van der Waals surface area contributed by atoms with E-state index in [9.17, 15) is 9.18 Å². The Balaban J connectivity index is 0.00000306. The number of fused-ring (bicyclic) bond motifs is 1. The zero-order valence-electron chi connectivity index (χ0n) is 19.4. The third kappa shape index (κ3) is 6.81. The number of halogens is 2. The molecule has 2 heterocycles. The Morgan fingerprint density at radius 2 is 2.00 bits per heavy atom. The first-order chi connectivity index (χ1) is 15.6. The van der Waals surface area contributed by atoms with Crippen LogP contribution in [0.1, 0.15) is 31.7 Å². The molecule has 182 valence electrons. The van der Waals surface area contributed by atoms with Crippen molar-refractivity contribution in [2.24, 2.45) is 10.9 Å². The Morgan fingerprint density at radius 1 is 1.21 bits per heavy atom. The first kappa shape index (κ1) is 25.7. The number of H-pyrrole nitrogens is 1. The van der Waals surface area contributed by atoms with E-state index in [1.807, 2.05) is 17.2 Å². The van der Waals surface area contributed by atoms with Crippen molar-refractivity contribution in [1.29, 1.82) is 0 Å². The van der Waals surface area contributed by atoms with E-state index < -0.39 is 0 Å². The maximum Gasteiger partial charge on any atom is 0.225 e. The molecule has 1 amide bonds. The van der Waals surface area contributed by atoms with Crippen molar-refractivity contribution < 1.29 is 9.18 Å². The van der Waals surface area contributed by atoms with Crippen molar-refractivity contribution in [2.75, 3.05) is 52.4 Å². The summed E-state index contributed by atoms with van der Waals surface area (Å²) in [6.45, 7) is 8.77.